The number of rotatable bonds is 2. The number of pyridine rings is 2. The van der Waals surface area contributed by atoms with Crippen molar-refractivity contribution in [2.75, 3.05) is 0 Å². The summed E-state index contributed by atoms with van der Waals surface area (Å²) in [5.74, 6) is 0.265. The summed E-state index contributed by atoms with van der Waals surface area (Å²) >= 11 is 0. The van der Waals surface area contributed by atoms with Crippen LogP contribution in [0.1, 0.15) is 66.5 Å². The molecule has 0 saturated carbocycles. The van der Waals surface area contributed by atoms with Crippen LogP contribution in [-0.2, 0) is 17.1 Å². The molecule has 2 aliphatic rings. The van der Waals surface area contributed by atoms with Gasteiger partial charge in [-0.3, -0.25) is 19.8 Å². The molecule has 4 rings (SSSR count). The van der Waals surface area contributed by atoms with Gasteiger partial charge in [-0.2, -0.15) is 0 Å². The molecule has 16 nitrogen and oxygen atoms in total. The minimum atomic E-state index is -0.778. The van der Waals surface area contributed by atoms with Crippen LogP contribution in [0.15, 0.2) is 49.1 Å². The van der Waals surface area contributed by atoms with E-state index >= 15 is 0 Å². The summed E-state index contributed by atoms with van der Waals surface area (Å²) in [6, 6.07) is 6.86. The first kappa shape index (κ1) is 36.6. The molecular weight excluding hydrogens is 584 g/mol. The molecule has 2 aromatic rings. The van der Waals surface area contributed by atoms with Crippen LogP contribution in [0.5, 0.6) is 0 Å². The number of amidine groups is 2. The average Bonchev–Trinajstić information content (AvgIpc) is 3.10. The van der Waals surface area contributed by atoms with Gasteiger partial charge >= 0.3 is 11.7 Å². The van der Waals surface area contributed by atoms with Crippen molar-refractivity contribution in [2.45, 2.75) is 77.5 Å². The number of hydroxylamine groups is 2. The van der Waals surface area contributed by atoms with E-state index in [1.54, 1.807) is 92.0 Å². The fourth-order valence-corrected chi connectivity index (χ4v) is 3.68. The zero-order valence-electron chi connectivity index (χ0n) is 23.9. The summed E-state index contributed by atoms with van der Waals surface area (Å²) in [6.07, 6.45) is 6.28. The summed E-state index contributed by atoms with van der Waals surface area (Å²) < 4.78 is 3.15. The summed E-state index contributed by atoms with van der Waals surface area (Å²) in [5.41, 5.74) is 25.0. The van der Waals surface area contributed by atoms with Crippen molar-refractivity contribution in [3.8, 4) is 0 Å². The van der Waals surface area contributed by atoms with Gasteiger partial charge in [0.15, 0.2) is 0 Å². The zero-order valence-corrected chi connectivity index (χ0v) is 24.9. The van der Waals surface area contributed by atoms with E-state index in [1.165, 1.54) is 22.2 Å². The molecule has 17 heteroatoms. The maximum Gasteiger partial charge on any atom is 0.506 e. The van der Waals surface area contributed by atoms with E-state index in [2.05, 4.69) is 9.97 Å². The molecule has 0 spiro atoms. The number of aromatic nitrogens is 2. The van der Waals surface area contributed by atoms with Crippen LogP contribution in [-0.4, -0.2) is 62.8 Å². The molecule has 0 atom stereocenters. The molecule has 0 fully saturated rings. The maximum absolute atomic E-state index is 12.3. The Bertz CT molecular complexity index is 1280. The molecule has 41 heavy (non-hydrogen) atoms. The molecule has 0 bridgehead atoms. The molecule has 2 aromatic heterocycles. The first-order chi connectivity index (χ1) is 18.4. The zero-order chi connectivity index (χ0) is 31.1. The van der Waals surface area contributed by atoms with Gasteiger partial charge in [0.25, 0.3) is 11.1 Å². The van der Waals surface area contributed by atoms with E-state index in [4.69, 9.17) is 22.1 Å². The van der Waals surface area contributed by atoms with E-state index < -0.39 is 22.2 Å². The molecular formula is C24H32CuN12O4. The normalized spacial score (nSPS) is 18.6. The Labute approximate surface area is 247 Å². The number of hydrogen-bond donors (Lipinski definition) is 0. The van der Waals surface area contributed by atoms with Gasteiger partial charge in [-0.1, -0.05) is 0 Å². The minimum absolute atomic E-state index is 0. The van der Waals surface area contributed by atoms with E-state index in [0.717, 1.165) is 19.0 Å². The molecule has 0 aromatic carbocycles. The van der Waals surface area contributed by atoms with E-state index in [-0.39, 0.29) is 28.7 Å². The number of nitroso groups, excluding NO2 is 2. The van der Waals surface area contributed by atoms with Gasteiger partial charge in [0.05, 0.1) is 0 Å². The van der Waals surface area contributed by atoms with Crippen molar-refractivity contribution in [1.29, 1.82) is 0 Å². The fourth-order valence-electron chi connectivity index (χ4n) is 3.68. The predicted octanol–water partition coefficient (Wildman–Crippen LogP) is 5.11. The van der Waals surface area contributed by atoms with Gasteiger partial charge in [0, 0.05) is 107 Å². The average molecular weight is 616 g/mol. The molecule has 0 aliphatic carbocycles. The Morgan fingerprint density at radius 2 is 0.902 bits per heavy atom. The van der Waals surface area contributed by atoms with Crippen LogP contribution < -0.4 is 0 Å². The Balaban J connectivity index is 0.000000642. The van der Waals surface area contributed by atoms with Gasteiger partial charge in [0.1, 0.15) is 20.6 Å². The van der Waals surface area contributed by atoms with Crippen LogP contribution in [0.2, 0.25) is 0 Å². The Morgan fingerprint density at radius 1 is 0.634 bits per heavy atom. The van der Waals surface area contributed by atoms with Crippen molar-refractivity contribution in [3.05, 3.63) is 112 Å². The molecule has 2 aliphatic heterocycles. The third kappa shape index (κ3) is 6.67. The predicted molar refractivity (Wildman–Crippen MR) is 148 cm³/mol. The Hall–Kier alpha value is -4.42. The second-order valence-electron chi connectivity index (χ2n) is 10.7. The standard InChI is InChI=1S/2C12H16N3O2.Cu.2N3/c2*1-11(2)12(3,4)15(17)10(14(11)16)9-6-5-7-13-8-9;;2*1-3-2/h2*5-8H,1-4H3;;;/q2*+1;;2*-1. The number of hydrogen-bond acceptors (Lipinski definition) is 6. The van der Waals surface area contributed by atoms with Crippen LogP contribution in [0.25, 0.3) is 31.9 Å². The van der Waals surface area contributed by atoms with E-state index in [9.17, 15) is 20.2 Å². The summed E-state index contributed by atoms with van der Waals surface area (Å²) in [6.45, 7) is 14.2. The van der Waals surface area contributed by atoms with Gasteiger partial charge < -0.3 is 32.5 Å². The second kappa shape index (κ2) is 13.8. The van der Waals surface area contributed by atoms with Gasteiger partial charge in [-0.15, -0.1) is 9.48 Å². The summed E-state index contributed by atoms with van der Waals surface area (Å²) in [5, 5.41) is 24.5. The quantitative estimate of drug-likeness (QED) is 0.111. The molecule has 223 valence electrons. The van der Waals surface area contributed by atoms with E-state index in [1.807, 2.05) is 0 Å². The van der Waals surface area contributed by atoms with Gasteiger partial charge in [0.2, 0.25) is 11.1 Å². The van der Waals surface area contributed by atoms with Gasteiger partial charge in [-0.25, -0.2) is 0 Å². The van der Waals surface area contributed by atoms with Gasteiger partial charge in [-0.05, 0) is 24.3 Å². The van der Waals surface area contributed by atoms with Crippen LogP contribution in [0.3, 0.4) is 0 Å². The molecule has 0 unspecified atom stereocenters. The maximum atomic E-state index is 12.3. The smallest absolute Gasteiger partial charge is 0.506 e. The second-order valence-corrected chi connectivity index (χ2v) is 10.7. The molecule has 0 N–H and O–H groups in total. The first-order valence-electron chi connectivity index (χ1n) is 11.8. The largest absolute Gasteiger partial charge is 0.618 e. The molecule has 1 radical (unpaired) electrons. The Kier molecular flexibility index (Phi) is 12.3. The van der Waals surface area contributed by atoms with Crippen LogP contribution in [0, 0.1) is 20.2 Å². The molecule has 0 saturated heterocycles. The summed E-state index contributed by atoms with van der Waals surface area (Å²) in [4.78, 5) is 35.4. The molecule has 4 heterocycles. The van der Waals surface area contributed by atoms with Crippen molar-refractivity contribution in [3.63, 3.8) is 0 Å². The SMILES string of the molecule is CC1(C)[N+](=O)C(c2cccnc2)=[N+]([O-])C1(C)C.CC1(C)[N+](=O)C(c2cccnc2)=[N+]([O-])C1(C)C.[Cu].[N-]=[N+]=[N-].[N-]=[N+]=[N-]. The topological polar surface area (TPSA) is 235 Å². The first-order valence-corrected chi connectivity index (χ1v) is 11.8. The van der Waals surface area contributed by atoms with Crippen molar-refractivity contribution >= 4 is 11.7 Å². The van der Waals surface area contributed by atoms with E-state index in [0.29, 0.717) is 11.1 Å². The third-order valence-electron chi connectivity index (χ3n) is 7.63. The molecule has 0 amide bonds. The third-order valence-corrected chi connectivity index (χ3v) is 7.63. The summed E-state index contributed by atoms with van der Waals surface area (Å²) in [7, 11) is 0. The van der Waals surface area contributed by atoms with Crippen molar-refractivity contribution < 1.29 is 36.1 Å². The number of nitrogens with zero attached hydrogens (tertiary/aromatic N) is 12. The van der Waals surface area contributed by atoms with Crippen molar-refractivity contribution in [2.24, 2.45) is 0 Å². The minimum Gasteiger partial charge on any atom is -0.618 e. The monoisotopic (exact) mass is 615 g/mol. The fraction of sp³-hybridized carbons (Fsp3) is 0.500. The van der Waals surface area contributed by atoms with Crippen LogP contribution >= 0.6 is 0 Å². The Morgan fingerprint density at radius 3 is 1.07 bits per heavy atom. The van der Waals surface area contributed by atoms with Crippen LogP contribution in [0.4, 0.5) is 0 Å². The van der Waals surface area contributed by atoms with Crippen molar-refractivity contribution in [1.82, 2.24) is 9.97 Å².